The molecule has 27 heavy (non-hydrogen) atoms. The molecule has 4 N–H and O–H groups in total. The Morgan fingerprint density at radius 1 is 0.963 bits per heavy atom. The second-order valence-corrected chi connectivity index (χ2v) is 6.57. The Kier molecular flexibility index (Phi) is 2.89. The molecule has 0 bridgehead atoms. The minimum absolute atomic E-state index is 0.0294. The number of aliphatic carboxylic acids is 1. The molecule has 2 unspecified atom stereocenters. The fourth-order valence-corrected chi connectivity index (χ4v) is 4.05. The number of ether oxygens (including phenoxy) is 1. The average Bonchev–Trinajstić information content (AvgIpc) is 2.63. The number of allylic oxidation sites excluding steroid dienone is 1. The molecule has 0 aromatic heterocycles. The van der Waals surface area contributed by atoms with Gasteiger partial charge in [0.25, 0.3) is 0 Å². The second kappa shape index (κ2) is 4.99. The van der Waals surface area contributed by atoms with E-state index in [0.717, 1.165) is 0 Å². The lowest BCUT2D eigenvalue weighted by Gasteiger charge is -2.31. The van der Waals surface area contributed by atoms with Crippen LogP contribution in [0.4, 0.5) is 0 Å². The maximum absolute atomic E-state index is 12.3. The second-order valence-electron chi connectivity index (χ2n) is 6.57. The number of hydrogen-bond acceptors (Lipinski definition) is 6. The first-order chi connectivity index (χ1) is 12.9. The van der Waals surface area contributed by atoms with Gasteiger partial charge in [0.2, 0.25) is 6.10 Å². The van der Waals surface area contributed by atoms with E-state index in [1.165, 1.54) is 24.3 Å². The highest BCUT2D eigenvalue weighted by atomic mass is 16.5. The van der Waals surface area contributed by atoms with Gasteiger partial charge in [0, 0.05) is 16.3 Å². The van der Waals surface area contributed by atoms with Crippen LogP contribution < -0.4 is 4.74 Å². The molecule has 7 nitrogen and oxygen atoms in total. The average molecular weight is 364 g/mol. The predicted molar refractivity (Wildman–Crippen MR) is 95.2 cm³/mol. The quantitative estimate of drug-likeness (QED) is 0.489. The van der Waals surface area contributed by atoms with E-state index in [1.807, 2.05) is 0 Å². The number of benzene rings is 3. The molecule has 0 fully saturated rings. The molecule has 3 aromatic carbocycles. The van der Waals surface area contributed by atoms with Crippen LogP contribution in [0.3, 0.4) is 0 Å². The minimum atomic E-state index is -1.62. The Morgan fingerprint density at radius 2 is 1.67 bits per heavy atom. The van der Waals surface area contributed by atoms with E-state index in [2.05, 4.69) is 0 Å². The van der Waals surface area contributed by atoms with E-state index in [9.17, 15) is 30.0 Å². The summed E-state index contributed by atoms with van der Waals surface area (Å²) in [6, 6.07) is 5.84. The van der Waals surface area contributed by atoms with Crippen molar-refractivity contribution in [1.29, 1.82) is 0 Å². The molecule has 0 saturated heterocycles. The van der Waals surface area contributed by atoms with Crippen LogP contribution in [-0.4, -0.2) is 38.3 Å². The molecule has 1 aliphatic carbocycles. The van der Waals surface area contributed by atoms with Gasteiger partial charge in [0.1, 0.15) is 11.9 Å². The van der Waals surface area contributed by atoms with Crippen LogP contribution in [0.5, 0.6) is 17.2 Å². The number of phenolic OH excluding ortho intramolecular Hbond substituents is 2. The number of hydrogen-bond donors (Lipinski definition) is 4. The summed E-state index contributed by atoms with van der Waals surface area (Å²) < 4.78 is 5.41. The van der Waals surface area contributed by atoms with Gasteiger partial charge in [0.05, 0.1) is 5.56 Å². The topological polar surface area (TPSA) is 124 Å². The number of phenols is 2. The first kappa shape index (κ1) is 15.7. The molecule has 0 spiro atoms. The fraction of sp³-hybridized carbons (Fsp3) is 0.100. The monoisotopic (exact) mass is 364 g/mol. The number of fused-ring (bicyclic) bond motifs is 2. The largest absolute Gasteiger partial charge is 0.507 e. The summed E-state index contributed by atoms with van der Waals surface area (Å²) in [5.74, 6) is -2.24. The van der Waals surface area contributed by atoms with Gasteiger partial charge in [-0.2, -0.15) is 0 Å². The fourth-order valence-electron chi connectivity index (χ4n) is 4.05. The van der Waals surface area contributed by atoms with Crippen LogP contribution in [0.25, 0.3) is 27.6 Å². The van der Waals surface area contributed by atoms with Crippen LogP contribution in [0.15, 0.2) is 30.3 Å². The summed E-state index contributed by atoms with van der Waals surface area (Å²) in [4.78, 5) is 23.9. The van der Waals surface area contributed by atoms with E-state index in [0.29, 0.717) is 27.1 Å². The maximum Gasteiger partial charge on any atom is 0.348 e. The minimum Gasteiger partial charge on any atom is -0.507 e. The Labute approximate surface area is 151 Å². The van der Waals surface area contributed by atoms with Gasteiger partial charge in [-0.05, 0) is 46.7 Å². The van der Waals surface area contributed by atoms with Crippen molar-refractivity contribution < 1.29 is 34.8 Å². The lowest BCUT2D eigenvalue weighted by atomic mass is 9.81. The molecule has 5 rings (SSSR count). The van der Waals surface area contributed by atoms with Crippen molar-refractivity contribution in [3.63, 3.8) is 0 Å². The maximum atomic E-state index is 12.3. The zero-order valence-electron chi connectivity index (χ0n) is 13.6. The molecule has 3 aromatic rings. The number of carbonyl (C=O) groups is 2. The summed E-state index contributed by atoms with van der Waals surface area (Å²) >= 11 is 0. The molecule has 2 atom stereocenters. The number of carbonyl (C=O) groups excluding carboxylic acids is 1. The van der Waals surface area contributed by atoms with Gasteiger partial charge in [0.15, 0.2) is 17.3 Å². The normalized spacial score (nSPS) is 20.1. The zero-order chi connectivity index (χ0) is 19.0. The number of aliphatic hydroxyl groups excluding tert-OH is 1. The summed E-state index contributed by atoms with van der Waals surface area (Å²) in [6.45, 7) is 0. The highest BCUT2D eigenvalue weighted by molar-refractivity contribution is 6.26. The summed E-state index contributed by atoms with van der Waals surface area (Å²) in [5.41, 5.74) is 0.973. The number of ketones is 1. The Hall–Kier alpha value is -3.58. The summed E-state index contributed by atoms with van der Waals surface area (Å²) in [6.07, 6.45) is -0.195. The Bertz CT molecular complexity index is 1240. The Morgan fingerprint density at radius 3 is 2.41 bits per heavy atom. The van der Waals surface area contributed by atoms with E-state index < -0.39 is 18.2 Å². The van der Waals surface area contributed by atoms with Crippen molar-refractivity contribution in [3.05, 3.63) is 47.0 Å². The number of carboxylic acid groups (broad SMARTS) is 1. The molecule has 2 aliphatic rings. The molecule has 0 saturated carbocycles. The van der Waals surface area contributed by atoms with Crippen molar-refractivity contribution in [2.75, 3.05) is 0 Å². The van der Waals surface area contributed by atoms with Crippen LogP contribution >= 0.6 is 0 Å². The number of aromatic hydroxyl groups is 2. The van der Waals surface area contributed by atoms with Gasteiger partial charge in [-0.25, -0.2) is 4.79 Å². The van der Waals surface area contributed by atoms with Gasteiger partial charge in [-0.3, -0.25) is 4.79 Å². The molecular formula is C20H12O7. The molecule has 1 aliphatic heterocycles. The third-order valence-corrected chi connectivity index (χ3v) is 5.16. The van der Waals surface area contributed by atoms with E-state index >= 15 is 0 Å². The smallest absolute Gasteiger partial charge is 0.348 e. The van der Waals surface area contributed by atoms with E-state index in [-0.39, 0.29) is 34.2 Å². The van der Waals surface area contributed by atoms with E-state index in [1.54, 1.807) is 12.1 Å². The van der Waals surface area contributed by atoms with Crippen molar-refractivity contribution in [1.82, 2.24) is 0 Å². The lowest BCUT2D eigenvalue weighted by Crippen LogP contribution is -2.36. The first-order valence-corrected chi connectivity index (χ1v) is 8.17. The van der Waals surface area contributed by atoms with Gasteiger partial charge in [-0.15, -0.1) is 0 Å². The van der Waals surface area contributed by atoms with Crippen molar-refractivity contribution in [2.24, 2.45) is 0 Å². The van der Waals surface area contributed by atoms with Gasteiger partial charge in [-0.1, -0.05) is 6.07 Å². The standard InChI is InChI=1S/C20H12O7/c21-10-4-1-7-8-2-6-12(23)18-15(8)14(17(24)19(27-18)20(25)26)9-3-5-11(22)16(10)13(7)9/h1-6,17,19,22-24H,(H,25,26). The molecule has 0 radical (unpaired) electrons. The van der Waals surface area contributed by atoms with Crippen LogP contribution in [0, 0.1) is 0 Å². The van der Waals surface area contributed by atoms with Crippen molar-refractivity contribution in [3.8, 4) is 17.2 Å². The van der Waals surface area contributed by atoms with Crippen LogP contribution in [0.2, 0.25) is 0 Å². The van der Waals surface area contributed by atoms with Gasteiger partial charge >= 0.3 is 5.97 Å². The molecule has 0 amide bonds. The third kappa shape index (κ3) is 1.83. The molecule has 7 heteroatoms. The number of aliphatic hydroxyl groups is 1. The number of rotatable bonds is 1. The highest BCUT2D eigenvalue weighted by Crippen LogP contribution is 2.51. The van der Waals surface area contributed by atoms with Crippen LogP contribution in [0.1, 0.15) is 27.6 Å². The first-order valence-electron chi connectivity index (χ1n) is 8.17. The zero-order valence-corrected chi connectivity index (χ0v) is 13.6. The lowest BCUT2D eigenvalue weighted by molar-refractivity contribution is -0.151. The van der Waals surface area contributed by atoms with E-state index in [4.69, 9.17) is 4.74 Å². The summed E-state index contributed by atoms with van der Waals surface area (Å²) in [5, 5.41) is 42.5. The molecule has 134 valence electrons. The van der Waals surface area contributed by atoms with Crippen LogP contribution in [-0.2, 0) is 4.79 Å². The molecular weight excluding hydrogens is 352 g/mol. The number of carboxylic acids is 1. The molecule has 1 heterocycles. The third-order valence-electron chi connectivity index (χ3n) is 5.16. The van der Waals surface area contributed by atoms with Crippen molar-refractivity contribution >= 4 is 39.4 Å². The predicted octanol–water partition coefficient (Wildman–Crippen LogP) is 2.49. The van der Waals surface area contributed by atoms with Crippen molar-refractivity contribution in [2.45, 2.75) is 12.2 Å². The van der Waals surface area contributed by atoms with Gasteiger partial charge < -0.3 is 25.2 Å². The summed E-state index contributed by atoms with van der Waals surface area (Å²) in [7, 11) is 0. The SMILES string of the molecule is O=C1C=Cc2c3ccc(O)c4c3c(c3ccc(O)c1c23)C(O)C(C(=O)O)O4. The Balaban J connectivity index is 2.07. The highest BCUT2D eigenvalue weighted by Gasteiger charge is 2.40.